The monoisotopic (exact) mass is 393 g/mol. The number of carbonyl (C=O) groups is 2. The average Bonchev–Trinajstić information content (AvgIpc) is 2.55. The standard InChI is InChI=1S/C19H21Cl2N3O2/c1-19(2,3)24-18(26)12-7-9-13(10-8-12)23-16(25)11-22-15-6-4-5-14(20)17(15)21/h4-10,22H,11H2,1-3H3,(H,23,25)(H,24,26). The van der Waals surface area contributed by atoms with E-state index in [0.717, 1.165) is 0 Å². The Hall–Kier alpha value is -2.24. The molecule has 3 N–H and O–H groups in total. The summed E-state index contributed by atoms with van der Waals surface area (Å²) < 4.78 is 0. The fraction of sp³-hybridized carbons (Fsp3) is 0.263. The summed E-state index contributed by atoms with van der Waals surface area (Å²) in [5.41, 5.74) is 1.41. The minimum atomic E-state index is -0.308. The number of benzene rings is 2. The molecule has 26 heavy (non-hydrogen) atoms. The van der Waals surface area contributed by atoms with E-state index in [-0.39, 0.29) is 23.9 Å². The molecule has 0 fully saturated rings. The van der Waals surface area contributed by atoms with Crippen molar-refractivity contribution >= 4 is 46.4 Å². The van der Waals surface area contributed by atoms with Crippen LogP contribution in [0.15, 0.2) is 42.5 Å². The molecular weight excluding hydrogens is 373 g/mol. The lowest BCUT2D eigenvalue weighted by molar-refractivity contribution is -0.114. The van der Waals surface area contributed by atoms with Gasteiger partial charge in [-0.25, -0.2) is 0 Å². The molecule has 0 saturated carbocycles. The number of carbonyl (C=O) groups excluding carboxylic acids is 2. The molecule has 2 amide bonds. The molecule has 0 radical (unpaired) electrons. The Bertz CT molecular complexity index is 799. The van der Waals surface area contributed by atoms with Gasteiger partial charge in [0.05, 0.1) is 22.3 Å². The summed E-state index contributed by atoms with van der Waals surface area (Å²) in [6, 6.07) is 11.9. The molecule has 0 unspecified atom stereocenters. The number of halogens is 2. The summed E-state index contributed by atoms with van der Waals surface area (Å²) >= 11 is 12.0. The maximum Gasteiger partial charge on any atom is 0.251 e. The number of nitrogens with one attached hydrogen (secondary N) is 3. The first-order chi connectivity index (χ1) is 12.2. The molecule has 7 heteroatoms. The van der Waals surface area contributed by atoms with Gasteiger partial charge in [0.2, 0.25) is 5.91 Å². The van der Waals surface area contributed by atoms with Crippen LogP contribution in [0, 0.1) is 0 Å². The molecule has 0 aromatic heterocycles. The highest BCUT2D eigenvalue weighted by Crippen LogP contribution is 2.29. The molecule has 5 nitrogen and oxygen atoms in total. The highest BCUT2D eigenvalue weighted by molar-refractivity contribution is 6.43. The average molecular weight is 394 g/mol. The fourth-order valence-electron chi connectivity index (χ4n) is 2.14. The molecule has 0 spiro atoms. The normalized spacial score (nSPS) is 11.0. The van der Waals surface area contributed by atoms with Crippen molar-refractivity contribution in [3.05, 3.63) is 58.1 Å². The van der Waals surface area contributed by atoms with Gasteiger partial charge in [-0.1, -0.05) is 29.3 Å². The lowest BCUT2D eigenvalue weighted by Crippen LogP contribution is -2.40. The van der Waals surface area contributed by atoms with Crippen LogP contribution in [-0.2, 0) is 4.79 Å². The first kappa shape index (κ1) is 20.1. The Morgan fingerprint density at radius 3 is 2.27 bits per heavy atom. The Labute approximate surface area is 163 Å². The van der Waals surface area contributed by atoms with Crippen LogP contribution in [0.2, 0.25) is 10.0 Å². The third-order valence-electron chi connectivity index (χ3n) is 3.31. The van der Waals surface area contributed by atoms with Crippen molar-refractivity contribution in [1.29, 1.82) is 0 Å². The lowest BCUT2D eigenvalue weighted by atomic mass is 10.1. The Balaban J connectivity index is 1.91. The van der Waals surface area contributed by atoms with Gasteiger partial charge in [0.15, 0.2) is 0 Å². The molecule has 2 aromatic rings. The summed E-state index contributed by atoms with van der Waals surface area (Å²) in [6.07, 6.45) is 0. The zero-order valence-electron chi connectivity index (χ0n) is 14.8. The highest BCUT2D eigenvalue weighted by Gasteiger charge is 2.15. The van der Waals surface area contributed by atoms with E-state index >= 15 is 0 Å². The van der Waals surface area contributed by atoms with Crippen LogP contribution < -0.4 is 16.0 Å². The number of rotatable bonds is 5. The smallest absolute Gasteiger partial charge is 0.251 e. The summed E-state index contributed by atoms with van der Waals surface area (Å²) in [5, 5.41) is 9.36. The fourth-order valence-corrected chi connectivity index (χ4v) is 2.51. The van der Waals surface area contributed by atoms with Gasteiger partial charge in [-0.2, -0.15) is 0 Å². The molecule has 0 atom stereocenters. The van der Waals surface area contributed by atoms with E-state index in [2.05, 4.69) is 16.0 Å². The number of hydrogen-bond donors (Lipinski definition) is 3. The Morgan fingerprint density at radius 1 is 1.00 bits per heavy atom. The third-order valence-corrected chi connectivity index (χ3v) is 4.13. The van der Waals surface area contributed by atoms with Gasteiger partial charge < -0.3 is 16.0 Å². The minimum Gasteiger partial charge on any atom is -0.375 e. The SMILES string of the molecule is CC(C)(C)NC(=O)c1ccc(NC(=O)CNc2cccc(Cl)c2Cl)cc1. The second kappa shape index (κ2) is 8.43. The van der Waals surface area contributed by atoms with E-state index in [1.54, 1.807) is 42.5 Å². The highest BCUT2D eigenvalue weighted by atomic mass is 35.5. The van der Waals surface area contributed by atoms with Gasteiger partial charge in [-0.3, -0.25) is 9.59 Å². The van der Waals surface area contributed by atoms with Crippen LogP contribution in [0.3, 0.4) is 0 Å². The third kappa shape index (κ3) is 5.93. The lowest BCUT2D eigenvalue weighted by Gasteiger charge is -2.20. The van der Waals surface area contributed by atoms with Crippen LogP contribution in [0.1, 0.15) is 31.1 Å². The summed E-state index contributed by atoms with van der Waals surface area (Å²) in [7, 11) is 0. The van der Waals surface area contributed by atoms with Gasteiger partial charge in [-0.15, -0.1) is 0 Å². The maximum absolute atomic E-state index is 12.1. The van der Waals surface area contributed by atoms with Crippen LogP contribution in [-0.4, -0.2) is 23.9 Å². The molecule has 0 bridgehead atoms. The topological polar surface area (TPSA) is 70.2 Å². The van der Waals surface area contributed by atoms with E-state index in [0.29, 0.717) is 27.0 Å². The molecule has 2 rings (SSSR count). The van der Waals surface area contributed by atoms with Crippen molar-refractivity contribution in [3.63, 3.8) is 0 Å². The van der Waals surface area contributed by atoms with Crippen LogP contribution >= 0.6 is 23.2 Å². The molecule has 0 saturated heterocycles. The molecule has 2 aromatic carbocycles. The van der Waals surface area contributed by atoms with E-state index in [9.17, 15) is 9.59 Å². The maximum atomic E-state index is 12.1. The van der Waals surface area contributed by atoms with Crippen molar-refractivity contribution in [2.45, 2.75) is 26.3 Å². The predicted molar refractivity (Wildman–Crippen MR) is 107 cm³/mol. The van der Waals surface area contributed by atoms with E-state index < -0.39 is 0 Å². The van der Waals surface area contributed by atoms with Crippen molar-refractivity contribution in [2.24, 2.45) is 0 Å². The van der Waals surface area contributed by atoms with Gasteiger partial charge in [0.25, 0.3) is 5.91 Å². The number of hydrogen-bond acceptors (Lipinski definition) is 3. The quantitative estimate of drug-likeness (QED) is 0.696. The van der Waals surface area contributed by atoms with Crippen molar-refractivity contribution in [2.75, 3.05) is 17.2 Å². The molecule has 0 aliphatic carbocycles. The summed E-state index contributed by atoms with van der Waals surface area (Å²) in [5.74, 6) is -0.402. The number of anilines is 2. The molecular formula is C19H21Cl2N3O2. The number of amides is 2. The van der Waals surface area contributed by atoms with E-state index in [1.165, 1.54) is 0 Å². The molecule has 0 heterocycles. The first-order valence-corrected chi connectivity index (χ1v) is 8.81. The second-order valence-electron chi connectivity index (χ2n) is 6.78. The van der Waals surface area contributed by atoms with Gasteiger partial charge in [0, 0.05) is 16.8 Å². The van der Waals surface area contributed by atoms with E-state index in [4.69, 9.17) is 23.2 Å². The second-order valence-corrected chi connectivity index (χ2v) is 7.57. The molecule has 0 aliphatic heterocycles. The van der Waals surface area contributed by atoms with Crippen molar-refractivity contribution < 1.29 is 9.59 Å². The van der Waals surface area contributed by atoms with E-state index in [1.807, 2.05) is 20.8 Å². The van der Waals surface area contributed by atoms with Crippen molar-refractivity contribution in [3.8, 4) is 0 Å². The first-order valence-electron chi connectivity index (χ1n) is 8.06. The predicted octanol–water partition coefficient (Wildman–Crippen LogP) is 4.57. The van der Waals surface area contributed by atoms with Crippen LogP contribution in [0.4, 0.5) is 11.4 Å². The van der Waals surface area contributed by atoms with Gasteiger partial charge >= 0.3 is 0 Å². The Kier molecular flexibility index (Phi) is 6.51. The Morgan fingerprint density at radius 2 is 1.65 bits per heavy atom. The van der Waals surface area contributed by atoms with Gasteiger partial charge in [0.1, 0.15) is 0 Å². The largest absolute Gasteiger partial charge is 0.375 e. The zero-order chi connectivity index (χ0) is 19.3. The van der Waals surface area contributed by atoms with Crippen LogP contribution in [0.25, 0.3) is 0 Å². The summed E-state index contributed by atoms with van der Waals surface area (Å²) in [4.78, 5) is 24.1. The minimum absolute atomic E-state index is 0.0341. The van der Waals surface area contributed by atoms with Crippen molar-refractivity contribution in [1.82, 2.24) is 5.32 Å². The molecule has 138 valence electrons. The van der Waals surface area contributed by atoms with Gasteiger partial charge in [-0.05, 0) is 57.2 Å². The molecule has 0 aliphatic rings. The zero-order valence-corrected chi connectivity index (χ0v) is 16.3. The van der Waals surface area contributed by atoms with Crippen LogP contribution in [0.5, 0.6) is 0 Å². The summed E-state index contributed by atoms with van der Waals surface area (Å²) in [6.45, 7) is 5.78.